The first-order valence-corrected chi connectivity index (χ1v) is 5.27. The van der Waals surface area contributed by atoms with E-state index in [-0.39, 0.29) is 24.4 Å². The predicted octanol–water partition coefficient (Wildman–Crippen LogP) is 2.38. The highest BCUT2D eigenvalue weighted by Crippen LogP contribution is 2.50. The highest BCUT2D eigenvalue weighted by atomic mass is 19.4. The Balaban J connectivity index is 1.92. The van der Waals surface area contributed by atoms with E-state index < -0.39 is 17.5 Å². The van der Waals surface area contributed by atoms with Crippen molar-refractivity contribution in [2.24, 2.45) is 0 Å². The van der Waals surface area contributed by atoms with Gasteiger partial charge in [-0.25, -0.2) is 8.91 Å². The Morgan fingerprint density at radius 1 is 1.28 bits per heavy atom. The van der Waals surface area contributed by atoms with Crippen LogP contribution < -0.4 is 5.32 Å². The first-order chi connectivity index (χ1) is 8.40. The molecule has 8 heteroatoms. The minimum absolute atomic E-state index is 0.000410. The van der Waals surface area contributed by atoms with Gasteiger partial charge < -0.3 is 5.32 Å². The average Bonchev–Trinajstić information content (AvgIpc) is 2.92. The topological polar surface area (TPSA) is 42.2 Å². The van der Waals surface area contributed by atoms with Crippen molar-refractivity contribution in [3.63, 3.8) is 0 Å². The van der Waals surface area contributed by atoms with Crippen molar-refractivity contribution in [2.75, 3.05) is 5.32 Å². The lowest BCUT2D eigenvalue weighted by Crippen LogP contribution is -2.39. The smallest absolute Gasteiger partial charge is 0.339 e. The molecule has 0 aliphatic heterocycles. The molecule has 0 unspecified atom stereocenters. The van der Waals surface area contributed by atoms with E-state index in [0.29, 0.717) is 0 Å². The number of anilines is 1. The van der Waals surface area contributed by atoms with Crippen molar-refractivity contribution in [3.05, 3.63) is 24.1 Å². The van der Waals surface area contributed by atoms with E-state index in [4.69, 9.17) is 0 Å². The quantitative estimate of drug-likeness (QED) is 0.843. The number of rotatable bonds is 2. The summed E-state index contributed by atoms with van der Waals surface area (Å²) < 4.78 is 52.1. The fraction of sp³-hybridized carbons (Fsp3) is 0.400. The molecule has 4 nitrogen and oxygen atoms in total. The largest absolute Gasteiger partial charge is 0.411 e. The standard InChI is InChI=1S/C10H8F4N4/c11-6-1-2-7-15-8(17-18(7)5-6)16-9(3-4-9)10(12,13)14/h1-2,5H,3-4H2,(H,16,17). The van der Waals surface area contributed by atoms with Crippen LogP contribution in [0, 0.1) is 5.82 Å². The van der Waals surface area contributed by atoms with Crippen LogP contribution in [0.3, 0.4) is 0 Å². The number of alkyl halides is 3. The van der Waals surface area contributed by atoms with Crippen molar-refractivity contribution in [3.8, 4) is 0 Å². The van der Waals surface area contributed by atoms with Crippen molar-refractivity contribution in [1.82, 2.24) is 14.6 Å². The number of nitrogens with one attached hydrogen (secondary N) is 1. The van der Waals surface area contributed by atoms with Gasteiger partial charge in [-0.2, -0.15) is 18.2 Å². The average molecular weight is 260 g/mol. The molecule has 2 aromatic heterocycles. The van der Waals surface area contributed by atoms with Gasteiger partial charge in [0, 0.05) is 0 Å². The lowest BCUT2D eigenvalue weighted by Gasteiger charge is -2.19. The third-order valence-electron chi connectivity index (χ3n) is 2.94. The summed E-state index contributed by atoms with van der Waals surface area (Å²) >= 11 is 0. The zero-order valence-electron chi connectivity index (χ0n) is 9.00. The lowest BCUT2D eigenvalue weighted by molar-refractivity contribution is -0.151. The van der Waals surface area contributed by atoms with Gasteiger partial charge >= 0.3 is 6.18 Å². The van der Waals surface area contributed by atoms with Gasteiger partial charge in [0.15, 0.2) is 5.65 Å². The molecular weight excluding hydrogens is 252 g/mol. The van der Waals surface area contributed by atoms with Gasteiger partial charge in [-0.05, 0) is 25.0 Å². The van der Waals surface area contributed by atoms with Crippen LogP contribution in [0.5, 0.6) is 0 Å². The normalized spacial score (nSPS) is 18.0. The number of hydrogen-bond acceptors (Lipinski definition) is 3. The molecule has 0 saturated heterocycles. The Morgan fingerprint density at radius 2 is 2.00 bits per heavy atom. The molecule has 0 bridgehead atoms. The van der Waals surface area contributed by atoms with Crippen LogP contribution in [-0.4, -0.2) is 26.3 Å². The Morgan fingerprint density at radius 3 is 2.61 bits per heavy atom. The van der Waals surface area contributed by atoms with Crippen molar-refractivity contribution >= 4 is 11.6 Å². The summed E-state index contributed by atoms with van der Waals surface area (Å²) in [5.74, 6) is -0.675. The summed E-state index contributed by atoms with van der Waals surface area (Å²) in [7, 11) is 0. The highest BCUT2D eigenvalue weighted by Gasteiger charge is 2.64. The van der Waals surface area contributed by atoms with Crippen molar-refractivity contribution in [1.29, 1.82) is 0 Å². The van der Waals surface area contributed by atoms with E-state index in [1.807, 2.05) is 0 Å². The second kappa shape index (κ2) is 3.33. The maximum atomic E-state index is 12.9. The van der Waals surface area contributed by atoms with E-state index >= 15 is 0 Å². The van der Waals surface area contributed by atoms with Crippen molar-refractivity contribution in [2.45, 2.75) is 24.6 Å². The van der Waals surface area contributed by atoms with E-state index in [1.165, 1.54) is 12.1 Å². The summed E-state index contributed by atoms with van der Waals surface area (Å²) in [6, 6.07) is 2.52. The zero-order chi connectivity index (χ0) is 13.0. The minimum Gasteiger partial charge on any atom is -0.339 e. The van der Waals surface area contributed by atoms with E-state index in [0.717, 1.165) is 10.7 Å². The Labute approximate surface area is 98.6 Å². The molecule has 1 saturated carbocycles. The first-order valence-electron chi connectivity index (χ1n) is 5.27. The van der Waals surface area contributed by atoms with Gasteiger partial charge in [0.25, 0.3) is 0 Å². The van der Waals surface area contributed by atoms with Crippen LogP contribution >= 0.6 is 0 Å². The van der Waals surface area contributed by atoms with Crippen LogP contribution in [-0.2, 0) is 0 Å². The molecule has 1 fully saturated rings. The molecule has 18 heavy (non-hydrogen) atoms. The molecule has 2 aromatic rings. The fourth-order valence-electron chi connectivity index (χ4n) is 1.73. The maximum Gasteiger partial charge on any atom is 0.411 e. The Kier molecular flexibility index (Phi) is 2.08. The second-order valence-electron chi connectivity index (χ2n) is 4.29. The van der Waals surface area contributed by atoms with Crippen LogP contribution in [0.4, 0.5) is 23.5 Å². The molecule has 1 aliphatic carbocycles. The third kappa shape index (κ3) is 1.68. The molecule has 1 aliphatic rings. The predicted molar refractivity (Wildman–Crippen MR) is 54.6 cm³/mol. The van der Waals surface area contributed by atoms with E-state index in [1.54, 1.807) is 0 Å². The molecule has 0 atom stereocenters. The van der Waals surface area contributed by atoms with Gasteiger partial charge in [0.1, 0.15) is 11.4 Å². The summed E-state index contributed by atoms with van der Waals surface area (Å²) in [6.07, 6.45) is -3.28. The molecule has 0 amide bonds. The summed E-state index contributed by atoms with van der Waals surface area (Å²) in [5, 5.41) is 6.05. The molecular formula is C10H8F4N4. The summed E-state index contributed by atoms with van der Waals surface area (Å²) in [5.41, 5.74) is -1.63. The van der Waals surface area contributed by atoms with Gasteiger partial charge in [-0.1, -0.05) is 0 Å². The summed E-state index contributed by atoms with van der Waals surface area (Å²) in [4.78, 5) is 3.87. The fourth-order valence-corrected chi connectivity index (χ4v) is 1.73. The number of aromatic nitrogens is 3. The molecule has 1 N–H and O–H groups in total. The maximum absolute atomic E-state index is 12.9. The SMILES string of the molecule is Fc1ccc2nc(NC3(C(F)(F)F)CC3)nn2c1. The number of halogens is 4. The number of pyridine rings is 1. The monoisotopic (exact) mass is 260 g/mol. The minimum atomic E-state index is -4.34. The highest BCUT2D eigenvalue weighted by molar-refractivity contribution is 5.45. The van der Waals surface area contributed by atoms with Crippen molar-refractivity contribution < 1.29 is 17.6 Å². The summed E-state index contributed by atoms with van der Waals surface area (Å²) in [6.45, 7) is 0. The van der Waals surface area contributed by atoms with E-state index in [9.17, 15) is 17.6 Å². The molecule has 2 heterocycles. The third-order valence-corrected chi connectivity index (χ3v) is 2.94. The first kappa shape index (κ1) is 11.2. The molecule has 0 aromatic carbocycles. The van der Waals surface area contributed by atoms with Crippen LogP contribution in [0.15, 0.2) is 18.3 Å². The molecule has 0 radical (unpaired) electrons. The zero-order valence-corrected chi connectivity index (χ0v) is 9.00. The lowest BCUT2D eigenvalue weighted by atomic mass is 10.3. The van der Waals surface area contributed by atoms with Crippen LogP contribution in [0.25, 0.3) is 5.65 Å². The number of hydrogen-bond donors (Lipinski definition) is 1. The second-order valence-corrected chi connectivity index (χ2v) is 4.29. The van der Waals surface area contributed by atoms with Gasteiger partial charge in [0.2, 0.25) is 5.95 Å². The number of nitrogens with zero attached hydrogens (tertiary/aromatic N) is 3. The Bertz CT molecular complexity index is 599. The number of fused-ring (bicyclic) bond motifs is 1. The van der Waals surface area contributed by atoms with E-state index in [2.05, 4.69) is 15.4 Å². The molecule has 3 rings (SSSR count). The molecule has 0 spiro atoms. The van der Waals surface area contributed by atoms with Crippen LogP contribution in [0.2, 0.25) is 0 Å². The van der Waals surface area contributed by atoms with Gasteiger partial charge in [-0.15, -0.1) is 5.10 Å². The van der Waals surface area contributed by atoms with Gasteiger partial charge in [0.05, 0.1) is 6.20 Å². The van der Waals surface area contributed by atoms with Gasteiger partial charge in [-0.3, -0.25) is 0 Å². The molecule has 96 valence electrons. The van der Waals surface area contributed by atoms with Crippen LogP contribution in [0.1, 0.15) is 12.8 Å². The Hall–Kier alpha value is -1.86.